The first kappa shape index (κ1) is 16.4. The zero-order chi connectivity index (χ0) is 16.6. The van der Waals surface area contributed by atoms with Crippen molar-refractivity contribution < 1.29 is 4.21 Å². The topological polar surface area (TPSA) is 46.9 Å². The Labute approximate surface area is 140 Å². The fourth-order valence-electron chi connectivity index (χ4n) is 2.99. The van der Waals surface area contributed by atoms with Crippen LogP contribution in [-0.4, -0.2) is 18.7 Å². The molecule has 124 valence electrons. The molecule has 0 amide bonds. The van der Waals surface area contributed by atoms with Crippen molar-refractivity contribution in [1.82, 2.24) is 14.5 Å². The van der Waals surface area contributed by atoms with Gasteiger partial charge in [0.1, 0.15) is 0 Å². The Morgan fingerprint density at radius 2 is 2.04 bits per heavy atom. The Morgan fingerprint density at radius 1 is 1.30 bits per heavy atom. The normalized spacial score (nSPS) is 19.4. The molecule has 0 unspecified atom stereocenters. The van der Waals surface area contributed by atoms with E-state index in [-0.39, 0.29) is 10.8 Å². The lowest BCUT2D eigenvalue weighted by molar-refractivity contribution is 0.516. The van der Waals surface area contributed by atoms with Crippen molar-refractivity contribution in [2.75, 3.05) is 0 Å². The minimum Gasteiger partial charge on any atom is -0.242 e. The fourth-order valence-corrected chi connectivity index (χ4v) is 3.85. The molecular formula is C18H25N3OS. The van der Waals surface area contributed by atoms with Crippen molar-refractivity contribution in [3.05, 3.63) is 47.3 Å². The third-order valence-electron chi connectivity index (χ3n) is 4.33. The molecule has 0 radical (unpaired) electrons. The average molecular weight is 331 g/mol. The van der Waals surface area contributed by atoms with Crippen LogP contribution >= 0.6 is 0 Å². The van der Waals surface area contributed by atoms with E-state index >= 15 is 0 Å². The van der Waals surface area contributed by atoms with Crippen molar-refractivity contribution in [3.8, 4) is 5.69 Å². The van der Waals surface area contributed by atoms with Crippen LogP contribution in [0.5, 0.6) is 0 Å². The third-order valence-corrected chi connectivity index (χ3v) is 5.94. The van der Waals surface area contributed by atoms with Gasteiger partial charge in [-0.2, -0.15) is 5.10 Å². The van der Waals surface area contributed by atoms with Crippen LogP contribution in [0.1, 0.15) is 56.5 Å². The molecule has 23 heavy (non-hydrogen) atoms. The van der Waals surface area contributed by atoms with Crippen LogP contribution in [-0.2, 0) is 17.4 Å². The van der Waals surface area contributed by atoms with Gasteiger partial charge in [-0.3, -0.25) is 0 Å². The Balaban J connectivity index is 1.93. The van der Waals surface area contributed by atoms with Gasteiger partial charge in [-0.1, -0.05) is 18.2 Å². The van der Waals surface area contributed by atoms with Crippen LogP contribution in [0.2, 0.25) is 0 Å². The first-order valence-electron chi connectivity index (χ1n) is 8.19. The molecule has 5 heteroatoms. The Morgan fingerprint density at radius 3 is 2.74 bits per heavy atom. The van der Waals surface area contributed by atoms with Gasteiger partial charge in [-0.15, -0.1) is 0 Å². The molecule has 2 aromatic rings. The van der Waals surface area contributed by atoms with Gasteiger partial charge >= 0.3 is 0 Å². The van der Waals surface area contributed by atoms with Gasteiger partial charge in [0.2, 0.25) is 0 Å². The monoisotopic (exact) mass is 331 g/mol. The van der Waals surface area contributed by atoms with Gasteiger partial charge in [0, 0.05) is 17.3 Å². The highest BCUT2D eigenvalue weighted by Crippen LogP contribution is 2.32. The maximum absolute atomic E-state index is 12.4. The molecule has 4 nitrogen and oxygen atoms in total. The second kappa shape index (κ2) is 6.21. The summed E-state index contributed by atoms with van der Waals surface area (Å²) in [6.45, 7) is 8.10. The summed E-state index contributed by atoms with van der Waals surface area (Å²) in [6, 6.07) is 8.43. The molecule has 0 saturated heterocycles. The van der Waals surface area contributed by atoms with Crippen LogP contribution in [0.15, 0.2) is 30.5 Å². The van der Waals surface area contributed by atoms with E-state index in [1.165, 1.54) is 16.8 Å². The maximum Gasteiger partial charge on any atom is 0.0975 e. The minimum absolute atomic E-state index is 0.122. The Hall–Kier alpha value is -1.46. The number of nitrogens with zero attached hydrogens (tertiary/aromatic N) is 2. The lowest BCUT2D eigenvalue weighted by Crippen LogP contribution is -2.36. The van der Waals surface area contributed by atoms with Gasteiger partial charge in [-0.25, -0.2) is 13.6 Å². The molecule has 1 aliphatic rings. The van der Waals surface area contributed by atoms with E-state index in [1.807, 2.05) is 39.1 Å². The first-order chi connectivity index (χ1) is 10.9. The van der Waals surface area contributed by atoms with Gasteiger partial charge in [0.25, 0.3) is 0 Å². The molecule has 1 aromatic carbocycles. The van der Waals surface area contributed by atoms with Crippen molar-refractivity contribution in [2.24, 2.45) is 0 Å². The van der Waals surface area contributed by atoms with Crippen LogP contribution in [0.3, 0.4) is 0 Å². The molecule has 1 aliphatic carbocycles. The minimum atomic E-state index is -1.07. The summed E-state index contributed by atoms with van der Waals surface area (Å²) in [5, 5.41) is 4.63. The predicted octanol–water partition coefficient (Wildman–Crippen LogP) is 3.61. The zero-order valence-electron chi connectivity index (χ0n) is 14.3. The lowest BCUT2D eigenvalue weighted by atomic mass is 9.93. The molecule has 0 spiro atoms. The van der Waals surface area contributed by atoms with E-state index < -0.39 is 11.0 Å². The van der Waals surface area contributed by atoms with Crippen LogP contribution in [0, 0.1) is 6.92 Å². The number of nitrogens with one attached hydrogen (secondary N) is 1. The van der Waals surface area contributed by atoms with Gasteiger partial charge < -0.3 is 0 Å². The van der Waals surface area contributed by atoms with Crippen LogP contribution in [0.4, 0.5) is 0 Å². The SMILES string of the molecule is Cc1ccccc1-n1ncc2c1CCC[C@H]2N[S@](=O)C(C)(C)C. The lowest BCUT2D eigenvalue weighted by Gasteiger charge is -2.27. The molecule has 1 N–H and O–H groups in total. The van der Waals surface area contributed by atoms with Crippen LogP contribution in [0.25, 0.3) is 5.69 Å². The van der Waals surface area contributed by atoms with E-state index in [2.05, 4.69) is 33.6 Å². The maximum atomic E-state index is 12.4. The highest BCUT2D eigenvalue weighted by atomic mass is 32.2. The number of aryl methyl sites for hydroxylation is 1. The smallest absolute Gasteiger partial charge is 0.0975 e. The zero-order valence-corrected chi connectivity index (χ0v) is 15.1. The van der Waals surface area contributed by atoms with Crippen molar-refractivity contribution in [1.29, 1.82) is 0 Å². The summed E-state index contributed by atoms with van der Waals surface area (Å²) in [5.41, 5.74) is 4.78. The van der Waals surface area contributed by atoms with Crippen molar-refractivity contribution in [2.45, 2.75) is 57.7 Å². The molecule has 0 aliphatic heterocycles. The van der Waals surface area contributed by atoms with Crippen molar-refractivity contribution in [3.63, 3.8) is 0 Å². The van der Waals surface area contributed by atoms with Crippen LogP contribution < -0.4 is 4.72 Å². The highest BCUT2D eigenvalue weighted by Gasteiger charge is 2.29. The quantitative estimate of drug-likeness (QED) is 0.934. The Kier molecular flexibility index (Phi) is 4.43. The summed E-state index contributed by atoms with van der Waals surface area (Å²) in [5.74, 6) is 0. The van der Waals surface area contributed by atoms with E-state index in [1.54, 1.807) is 0 Å². The van der Waals surface area contributed by atoms with Gasteiger partial charge in [0.15, 0.2) is 0 Å². The second-order valence-corrected chi connectivity index (χ2v) is 9.19. The predicted molar refractivity (Wildman–Crippen MR) is 95.0 cm³/mol. The first-order valence-corrected chi connectivity index (χ1v) is 9.34. The number of hydrogen-bond acceptors (Lipinski definition) is 2. The standard InChI is InChI=1S/C18H25N3OS/c1-13-8-5-6-10-16(13)21-17-11-7-9-15(14(17)12-19-21)20-23(22)18(2,3)4/h5-6,8,10,12,15,20H,7,9,11H2,1-4H3/t15-,23-/m1/s1. The molecular weight excluding hydrogens is 306 g/mol. The van der Waals surface area contributed by atoms with Gasteiger partial charge in [-0.05, 0) is 58.6 Å². The summed E-state index contributed by atoms with van der Waals surface area (Å²) < 4.78 is 17.6. The van der Waals surface area contributed by atoms with E-state index in [9.17, 15) is 4.21 Å². The van der Waals surface area contributed by atoms with Gasteiger partial charge in [0.05, 0.1) is 27.6 Å². The second-order valence-electron chi connectivity index (χ2n) is 7.19. The number of hydrogen-bond donors (Lipinski definition) is 1. The summed E-state index contributed by atoms with van der Waals surface area (Å²) in [7, 11) is -1.07. The summed E-state index contributed by atoms with van der Waals surface area (Å²) in [6.07, 6.45) is 5.06. The van der Waals surface area contributed by atoms with E-state index in [0.29, 0.717) is 0 Å². The fraction of sp³-hybridized carbons (Fsp3) is 0.500. The number of aromatic nitrogens is 2. The molecule has 2 atom stereocenters. The molecule has 0 bridgehead atoms. The average Bonchev–Trinajstić information content (AvgIpc) is 2.91. The third kappa shape index (κ3) is 3.26. The Bertz CT molecular complexity index is 730. The summed E-state index contributed by atoms with van der Waals surface area (Å²) in [4.78, 5) is 0. The number of benzene rings is 1. The molecule has 0 fully saturated rings. The number of fused-ring (bicyclic) bond motifs is 1. The molecule has 3 rings (SSSR count). The summed E-state index contributed by atoms with van der Waals surface area (Å²) >= 11 is 0. The van der Waals surface area contributed by atoms with E-state index in [4.69, 9.17) is 0 Å². The number of para-hydroxylation sites is 1. The molecule has 1 aromatic heterocycles. The van der Waals surface area contributed by atoms with Crippen molar-refractivity contribution >= 4 is 11.0 Å². The number of rotatable bonds is 3. The van der Waals surface area contributed by atoms with E-state index in [0.717, 1.165) is 24.9 Å². The largest absolute Gasteiger partial charge is 0.242 e. The molecule has 0 saturated carbocycles. The highest BCUT2D eigenvalue weighted by molar-refractivity contribution is 7.84. The molecule has 1 heterocycles.